The molecule has 3 heteroatoms. The number of anilines is 1. The van der Waals surface area contributed by atoms with E-state index in [9.17, 15) is 0 Å². The summed E-state index contributed by atoms with van der Waals surface area (Å²) in [5.74, 6) is 0. The van der Waals surface area contributed by atoms with Gasteiger partial charge in [0.2, 0.25) is 0 Å². The van der Waals surface area contributed by atoms with Crippen LogP contribution >= 0.6 is 0 Å². The second kappa shape index (κ2) is 5.92. The third-order valence-electron chi connectivity index (χ3n) is 4.61. The summed E-state index contributed by atoms with van der Waals surface area (Å²) in [6.07, 6.45) is 9.00. The van der Waals surface area contributed by atoms with Crippen molar-refractivity contribution in [2.24, 2.45) is 5.41 Å². The van der Waals surface area contributed by atoms with E-state index in [1.54, 1.807) is 0 Å². The largest absolute Gasteiger partial charge is 0.382 e. The van der Waals surface area contributed by atoms with Crippen LogP contribution in [-0.4, -0.2) is 15.8 Å². The molecule has 1 aliphatic carbocycles. The van der Waals surface area contributed by atoms with E-state index in [4.69, 9.17) is 0 Å². The fraction of sp³-hybridized carbons (Fsp3) is 0.500. The lowest BCUT2D eigenvalue weighted by Crippen LogP contribution is -2.30. The molecule has 0 aliphatic heterocycles. The lowest BCUT2D eigenvalue weighted by molar-refractivity contribution is 0.232. The summed E-state index contributed by atoms with van der Waals surface area (Å²) in [4.78, 5) is 0. The molecule has 3 rings (SSSR count). The van der Waals surface area contributed by atoms with Gasteiger partial charge in [-0.15, -0.1) is 0 Å². The standard InChI is InChI=1S/C18H25N3/c1-18(2)10-8-16(9-11-18)20-17-7-4-3-6-15(17)14-21-13-5-12-19-21/h3-7,12-13,16,20H,8-11,14H2,1-2H3. The topological polar surface area (TPSA) is 29.9 Å². The third-order valence-corrected chi connectivity index (χ3v) is 4.61. The Morgan fingerprint density at radius 2 is 1.95 bits per heavy atom. The van der Waals surface area contributed by atoms with Gasteiger partial charge in [-0.1, -0.05) is 32.0 Å². The highest BCUT2D eigenvalue weighted by atomic mass is 15.3. The van der Waals surface area contributed by atoms with E-state index >= 15 is 0 Å². The average molecular weight is 283 g/mol. The Bertz CT molecular complexity index is 562. The molecule has 1 N–H and O–H groups in total. The van der Waals surface area contributed by atoms with Gasteiger partial charge in [-0.2, -0.15) is 5.10 Å². The van der Waals surface area contributed by atoms with Crippen LogP contribution in [0.4, 0.5) is 5.69 Å². The van der Waals surface area contributed by atoms with Crippen LogP contribution in [0.5, 0.6) is 0 Å². The van der Waals surface area contributed by atoms with Crippen molar-refractivity contribution in [3.8, 4) is 0 Å². The predicted octanol–water partition coefficient (Wildman–Crippen LogP) is 4.31. The van der Waals surface area contributed by atoms with Crippen molar-refractivity contribution in [3.05, 3.63) is 48.3 Å². The molecule has 1 aromatic heterocycles. The quantitative estimate of drug-likeness (QED) is 0.906. The Kier molecular flexibility index (Phi) is 4.00. The Balaban J connectivity index is 1.68. The summed E-state index contributed by atoms with van der Waals surface area (Å²) < 4.78 is 1.98. The smallest absolute Gasteiger partial charge is 0.0679 e. The van der Waals surface area contributed by atoms with Crippen molar-refractivity contribution in [2.45, 2.75) is 52.1 Å². The lowest BCUT2D eigenvalue weighted by atomic mass is 9.75. The summed E-state index contributed by atoms with van der Waals surface area (Å²) in [6, 6.07) is 11.2. The molecule has 1 aromatic carbocycles. The van der Waals surface area contributed by atoms with Crippen LogP contribution < -0.4 is 5.32 Å². The zero-order valence-electron chi connectivity index (χ0n) is 13.0. The highest BCUT2D eigenvalue weighted by Gasteiger charge is 2.26. The van der Waals surface area contributed by atoms with Crippen LogP contribution in [0, 0.1) is 5.41 Å². The highest BCUT2D eigenvalue weighted by Crippen LogP contribution is 2.36. The van der Waals surface area contributed by atoms with Crippen molar-refractivity contribution in [1.29, 1.82) is 0 Å². The van der Waals surface area contributed by atoms with E-state index in [1.807, 2.05) is 23.1 Å². The van der Waals surface area contributed by atoms with Gasteiger partial charge in [0.15, 0.2) is 0 Å². The van der Waals surface area contributed by atoms with Gasteiger partial charge in [0, 0.05) is 24.1 Å². The Labute approximate surface area is 127 Å². The minimum atomic E-state index is 0.521. The Morgan fingerprint density at radius 1 is 1.19 bits per heavy atom. The zero-order chi connectivity index (χ0) is 14.7. The van der Waals surface area contributed by atoms with Crippen molar-refractivity contribution in [3.63, 3.8) is 0 Å². The van der Waals surface area contributed by atoms with Crippen LogP contribution in [0.25, 0.3) is 0 Å². The summed E-state index contributed by atoms with van der Waals surface area (Å²) in [5.41, 5.74) is 3.09. The first-order valence-electron chi connectivity index (χ1n) is 7.94. The van der Waals surface area contributed by atoms with E-state index in [1.165, 1.54) is 36.9 Å². The van der Waals surface area contributed by atoms with Crippen LogP contribution in [0.2, 0.25) is 0 Å². The molecule has 0 spiro atoms. The van der Waals surface area contributed by atoms with E-state index in [2.05, 4.69) is 48.5 Å². The maximum atomic E-state index is 4.31. The Hall–Kier alpha value is -1.77. The predicted molar refractivity (Wildman–Crippen MR) is 87.4 cm³/mol. The summed E-state index contributed by atoms with van der Waals surface area (Å²) in [6.45, 7) is 5.60. The van der Waals surface area contributed by atoms with Gasteiger partial charge in [-0.05, 0) is 48.8 Å². The monoisotopic (exact) mass is 283 g/mol. The fourth-order valence-electron chi connectivity index (χ4n) is 3.13. The first kappa shape index (κ1) is 14.2. The first-order chi connectivity index (χ1) is 10.1. The SMILES string of the molecule is CC1(C)CCC(Nc2ccccc2Cn2cccn2)CC1. The van der Waals surface area contributed by atoms with Crippen LogP contribution in [0.1, 0.15) is 45.1 Å². The molecule has 1 aliphatic rings. The van der Waals surface area contributed by atoms with Crippen LogP contribution in [0.15, 0.2) is 42.7 Å². The van der Waals surface area contributed by atoms with Gasteiger partial charge < -0.3 is 5.32 Å². The van der Waals surface area contributed by atoms with Gasteiger partial charge in [-0.25, -0.2) is 0 Å². The second-order valence-corrected chi connectivity index (χ2v) is 6.94. The van der Waals surface area contributed by atoms with Crippen molar-refractivity contribution in [2.75, 3.05) is 5.32 Å². The number of hydrogen-bond acceptors (Lipinski definition) is 2. The summed E-state index contributed by atoms with van der Waals surface area (Å²) in [5, 5.41) is 8.07. The molecule has 0 amide bonds. The third kappa shape index (κ3) is 3.66. The van der Waals surface area contributed by atoms with Gasteiger partial charge in [0.05, 0.1) is 6.54 Å². The van der Waals surface area contributed by atoms with Crippen molar-refractivity contribution >= 4 is 5.69 Å². The van der Waals surface area contributed by atoms with Gasteiger partial charge in [0.25, 0.3) is 0 Å². The zero-order valence-corrected chi connectivity index (χ0v) is 13.0. The molecule has 112 valence electrons. The number of benzene rings is 1. The summed E-state index contributed by atoms with van der Waals surface area (Å²) >= 11 is 0. The van der Waals surface area contributed by atoms with Gasteiger partial charge in [0.1, 0.15) is 0 Å². The van der Waals surface area contributed by atoms with Crippen LogP contribution in [0.3, 0.4) is 0 Å². The number of rotatable bonds is 4. The molecule has 21 heavy (non-hydrogen) atoms. The van der Waals surface area contributed by atoms with E-state index in [0.29, 0.717) is 11.5 Å². The van der Waals surface area contributed by atoms with E-state index in [0.717, 1.165) is 6.54 Å². The number of nitrogens with one attached hydrogen (secondary N) is 1. The molecule has 0 atom stereocenters. The molecule has 0 bridgehead atoms. The van der Waals surface area contributed by atoms with E-state index < -0.39 is 0 Å². The van der Waals surface area contributed by atoms with Gasteiger partial charge >= 0.3 is 0 Å². The molecule has 2 aromatic rings. The minimum absolute atomic E-state index is 0.521. The lowest BCUT2D eigenvalue weighted by Gasteiger charge is -2.35. The first-order valence-corrected chi connectivity index (χ1v) is 7.94. The number of aromatic nitrogens is 2. The molecule has 1 heterocycles. The van der Waals surface area contributed by atoms with Crippen LogP contribution in [-0.2, 0) is 6.54 Å². The number of nitrogens with zero attached hydrogens (tertiary/aromatic N) is 2. The molecule has 1 saturated carbocycles. The Morgan fingerprint density at radius 3 is 2.67 bits per heavy atom. The second-order valence-electron chi connectivity index (χ2n) is 6.94. The molecule has 3 nitrogen and oxygen atoms in total. The molecule has 0 saturated heterocycles. The highest BCUT2D eigenvalue weighted by molar-refractivity contribution is 5.51. The fourth-order valence-corrected chi connectivity index (χ4v) is 3.13. The summed E-state index contributed by atoms with van der Waals surface area (Å²) in [7, 11) is 0. The number of hydrogen-bond donors (Lipinski definition) is 1. The molecular weight excluding hydrogens is 258 g/mol. The van der Waals surface area contributed by atoms with E-state index in [-0.39, 0.29) is 0 Å². The molecule has 1 fully saturated rings. The normalized spacial score (nSPS) is 18.6. The van der Waals surface area contributed by atoms with Gasteiger partial charge in [-0.3, -0.25) is 4.68 Å². The molecule has 0 radical (unpaired) electrons. The molecule has 0 unspecified atom stereocenters. The molecular formula is C18H25N3. The van der Waals surface area contributed by atoms with Crippen molar-refractivity contribution < 1.29 is 0 Å². The maximum absolute atomic E-state index is 4.31. The van der Waals surface area contributed by atoms with Crippen molar-refractivity contribution in [1.82, 2.24) is 9.78 Å². The number of para-hydroxylation sites is 1. The maximum Gasteiger partial charge on any atom is 0.0679 e. The minimum Gasteiger partial charge on any atom is -0.382 e. The average Bonchev–Trinajstić information content (AvgIpc) is 2.96.